The highest BCUT2D eigenvalue weighted by atomic mass is 28.4. The number of rotatable bonds is 7. The lowest BCUT2D eigenvalue weighted by Crippen LogP contribution is -2.54. The molecule has 0 aromatic heterocycles. The van der Waals surface area contributed by atoms with Crippen molar-refractivity contribution in [3.63, 3.8) is 0 Å². The number of ketones is 1. The molecule has 4 heteroatoms. The molecule has 0 spiro atoms. The van der Waals surface area contributed by atoms with Crippen molar-refractivity contribution in [2.75, 3.05) is 0 Å². The molecule has 3 nitrogen and oxygen atoms in total. The van der Waals surface area contributed by atoms with E-state index >= 15 is 0 Å². The lowest BCUT2D eigenvalue weighted by Gasteiger charge is -2.58. The van der Waals surface area contributed by atoms with E-state index in [0.717, 1.165) is 32.1 Å². The molecule has 4 aliphatic rings. The van der Waals surface area contributed by atoms with Crippen LogP contribution in [0.4, 0.5) is 0 Å². The van der Waals surface area contributed by atoms with Crippen LogP contribution in [0.1, 0.15) is 113 Å². The standard InChI is InChI=1S/C33H56O3Si/c1-22(13-12-19-31(5,6)35)24-16-17-25-29-26(18-20-32(24,25)7)33(8)23(21-27(29)34)14-11-15-28(33)36-37(9,10)30(2,3)4/h15,21-22,24-26,29,35H,11-14,16-20H2,1-10H3/t22-,24-,25+,26+,29+,32-,33+/m1/s1. The minimum Gasteiger partial charge on any atom is -0.546 e. The van der Waals surface area contributed by atoms with E-state index in [1.165, 1.54) is 37.0 Å². The normalized spacial score (nSPS) is 37.2. The fourth-order valence-electron chi connectivity index (χ4n) is 8.69. The first-order valence-corrected chi connectivity index (χ1v) is 18.2. The van der Waals surface area contributed by atoms with E-state index in [1.54, 1.807) is 0 Å². The predicted molar refractivity (Wildman–Crippen MR) is 157 cm³/mol. The molecule has 0 unspecified atom stereocenters. The number of carbonyl (C=O) groups is 1. The molecule has 37 heavy (non-hydrogen) atoms. The molecule has 4 aliphatic carbocycles. The van der Waals surface area contributed by atoms with Gasteiger partial charge >= 0.3 is 0 Å². The SMILES string of the molecule is C[C@H](CCCC(C)(C)O)[C@H]1CC[C@H]2[C@@H]3C(=O)C=C4CCC=C(O[Si](C)(C)C(C)(C)C)[C@]4(C)[C@H]3CC[C@]12C. The second kappa shape index (κ2) is 9.65. The topological polar surface area (TPSA) is 46.5 Å². The van der Waals surface area contributed by atoms with Gasteiger partial charge in [-0.25, -0.2) is 0 Å². The zero-order chi connectivity index (χ0) is 27.6. The van der Waals surface area contributed by atoms with Gasteiger partial charge in [0.2, 0.25) is 8.32 Å². The quantitative estimate of drug-likeness (QED) is 0.336. The summed E-state index contributed by atoms with van der Waals surface area (Å²) in [6.07, 6.45) is 14.4. The molecule has 2 fully saturated rings. The highest BCUT2D eigenvalue weighted by Gasteiger charge is 2.62. The predicted octanol–water partition coefficient (Wildman–Crippen LogP) is 8.84. The summed E-state index contributed by atoms with van der Waals surface area (Å²) in [6, 6.07) is 0. The lowest BCUT2D eigenvalue weighted by atomic mass is 9.47. The van der Waals surface area contributed by atoms with Crippen LogP contribution < -0.4 is 0 Å². The Labute approximate surface area is 229 Å². The van der Waals surface area contributed by atoms with Gasteiger partial charge < -0.3 is 9.53 Å². The van der Waals surface area contributed by atoms with Gasteiger partial charge in [0, 0.05) is 11.3 Å². The van der Waals surface area contributed by atoms with Gasteiger partial charge in [-0.3, -0.25) is 4.79 Å². The number of allylic oxidation sites excluding steroid dienone is 3. The van der Waals surface area contributed by atoms with Crippen LogP contribution in [0.3, 0.4) is 0 Å². The highest BCUT2D eigenvalue weighted by molar-refractivity contribution is 6.74. The smallest absolute Gasteiger partial charge is 0.250 e. The van der Waals surface area contributed by atoms with Crippen LogP contribution in [-0.2, 0) is 9.22 Å². The fourth-order valence-corrected chi connectivity index (χ4v) is 9.84. The summed E-state index contributed by atoms with van der Waals surface area (Å²) in [5, 5.41) is 10.3. The van der Waals surface area contributed by atoms with Crippen LogP contribution in [0.15, 0.2) is 23.5 Å². The van der Waals surface area contributed by atoms with Gasteiger partial charge in [-0.05, 0) is 125 Å². The van der Waals surface area contributed by atoms with Crippen LogP contribution in [0, 0.1) is 40.4 Å². The third-order valence-corrected chi connectivity index (χ3v) is 16.3. The minimum absolute atomic E-state index is 0.130. The maximum absolute atomic E-state index is 13.9. The maximum atomic E-state index is 13.9. The van der Waals surface area contributed by atoms with Crippen LogP contribution in [-0.4, -0.2) is 24.8 Å². The van der Waals surface area contributed by atoms with Crippen molar-refractivity contribution in [2.24, 2.45) is 40.4 Å². The molecule has 0 aromatic rings. The Balaban J connectivity index is 1.60. The van der Waals surface area contributed by atoms with Crippen LogP contribution in [0.2, 0.25) is 18.1 Å². The van der Waals surface area contributed by atoms with Crippen molar-refractivity contribution in [3.8, 4) is 0 Å². The molecule has 2 saturated carbocycles. The van der Waals surface area contributed by atoms with Crippen molar-refractivity contribution in [1.82, 2.24) is 0 Å². The molecule has 210 valence electrons. The van der Waals surface area contributed by atoms with Crippen molar-refractivity contribution >= 4 is 14.1 Å². The van der Waals surface area contributed by atoms with Crippen molar-refractivity contribution in [3.05, 3.63) is 23.5 Å². The summed E-state index contributed by atoms with van der Waals surface area (Å²) >= 11 is 0. The van der Waals surface area contributed by atoms with Gasteiger partial charge in [0.05, 0.1) is 11.4 Å². The van der Waals surface area contributed by atoms with Crippen LogP contribution in [0.5, 0.6) is 0 Å². The van der Waals surface area contributed by atoms with Crippen molar-refractivity contribution in [2.45, 2.75) is 137 Å². The van der Waals surface area contributed by atoms with Crippen molar-refractivity contribution < 1.29 is 14.3 Å². The Morgan fingerprint density at radius 3 is 2.41 bits per heavy atom. The zero-order valence-corrected chi connectivity index (χ0v) is 26.7. The summed E-state index contributed by atoms with van der Waals surface area (Å²) in [5.41, 5.74) is 0.870. The summed E-state index contributed by atoms with van der Waals surface area (Å²) in [7, 11) is -1.98. The summed E-state index contributed by atoms with van der Waals surface area (Å²) < 4.78 is 7.09. The zero-order valence-electron chi connectivity index (χ0n) is 25.7. The largest absolute Gasteiger partial charge is 0.546 e. The van der Waals surface area contributed by atoms with Gasteiger partial charge in [-0.15, -0.1) is 0 Å². The molecule has 0 radical (unpaired) electrons. The highest BCUT2D eigenvalue weighted by Crippen LogP contribution is 2.67. The molecule has 4 rings (SSSR count). The second-order valence-electron chi connectivity index (χ2n) is 15.9. The molecule has 0 heterocycles. The summed E-state index contributed by atoms with van der Waals surface area (Å²) in [4.78, 5) is 13.9. The van der Waals surface area contributed by atoms with Gasteiger partial charge in [0.1, 0.15) is 0 Å². The van der Waals surface area contributed by atoms with Gasteiger partial charge in [-0.1, -0.05) is 53.0 Å². The number of fused-ring (bicyclic) bond motifs is 5. The minimum atomic E-state index is -1.98. The van der Waals surface area contributed by atoms with Gasteiger partial charge in [0.15, 0.2) is 5.78 Å². The Morgan fingerprint density at radius 1 is 1.11 bits per heavy atom. The van der Waals surface area contributed by atoms with Gasteiger partial charge in [-0.2, -0.15) is 0 Å². The molecule has 0 saturated heterocycles. The Kier molecular flexibility index (Phi) is 7.59. The van der Waals surface area contributed by atoms with E-state index in [2.05, 4.69) is 66.8 Å². The molecule has 7 atom stereocenters. The van der Waals surface area contributed by atoms with E-state index in [4.69, 9.17) is 4.43 Å². The summed E-state index contributed by atoms with van der Waals surface area (Å²) in [5.74, 6) is 3.89. The van der Waals surface area contributed by atoms with E-state index in [1.807, 2.05) is 13.8 Å². The monoisotopic (exact) mass is 528 g/mol. The summed E-state index contributed by atoms with van der Waals surface area (Å²) in [6.45, 7) is 22.9. The van der Waals surface area contributed by atoms with E-state index in [-0.39, 0.29) is 21.8 Å². The second-order valence-corrected chi connectivity index (χ2v) is 20.6. The number of carbonyl (C=O) groups excluding carboxylic acids is 1. The Hall–Kier alpha value is -0.873. The van der Waals surface area contributed by atoms with Gasteiger partial charge in [0.25, 0.3) is 0 Å². The van der Waals surface area contributed by atoms with Crippen LogP contribution in [0.25, 0.3) is 0 Å². The first kappa shape index (κ1) is 29.1. The first-order chi connectivity index (χ1) is 16.9. The molecular formula is C33H56O3Si. The number of hydrogen-bond donors (Lipinski definition) is 1. The van der Waals surface area contributed by atoms with E-state index < -0.39 is 13.9 Å². The molecule has 1 N–H and O–H groups in total. The molecule has 0 aliphatic heterocycles. The van der Waals surface area contributed by atoms with Crippen LogP contribution >= 0.6 is 0 Å². The Morgan fingerprint density at radius 2 is 1.78 bits per heavy atom. The first-order valence-electron chi connectivity index (χ1n) is 15.3. The van der Waals surface area contributed by atoms with E-state index in [0.29, 0.717) is 29.5 Å². The fraction of sp³-hybridized carbons (Fsp3) is 0.848. The molecule has 0 amide bonds. The molecular weight excluding hydrogens is 472 g/mol. The third-order valence-electron chi connectivity index (χ3n) is 12.0. The average molecular weight is 529 g/mol. The molecule has 0 aromatic carbocycles. The maximum Gasteiger partial charge on any atom is 0.250 e. The number of hydrogen-bond acceptors (Lipinski definition) is 3. The number of aliphatic hydroxyl groups is 1. The van der Waals surface area contributed by atoms with Crippen molar-refractivity contribution in [1.29, 1.82) is 0 Å². The Bertz CT molecular complexity index is 948. The lowest BCUT2D eigenvalue weighted by molar-refractivity contribution is -0.133. The van der Waals surface area contributed by atoms with E-state index in [9.17, 15) is 9.90 Å². The average Bonchev–Trinajstić information content (AvgIpc) is 3.10. The third kappa shape index (κ3) is 5.08. The molecule has 0 bridgehead atoms.